The molecular formula is C13H13N3O2S2. The monoisotopic (exact) mass is 307 g/mol. The van der Waals surface area contributed by atoms with Gasteiger partial charge in [-0.2, -0.15) is 0 Å². The third kappa shape index (κ3) is 3.12. The Balaban J connectivity index is 2.38. The lowest BCUT2D eigenvalue weighted by atomic mass is 10.2. The van der Waals surface area contributed by atoms with Gasteiger partial charge in [-0.25, -0.2) is 8.42 Å². The van der Waals surface area contributed by atoms with E-state index in [9.17, 15) is 8.42 Å². The highest BCUT2D eigenvalue weighted by Gasteiger charge is 2.16. The maximum atomic E-state index is 12.3. The molecule has 2 aromatic rings. The molecule has 0 aliphatic carbocycles. The van der Waals surface area contributed by atoms with Crippen molar-refractivity contribution in [1.82, 2.24) is 4.98 Å². The van der Waals surface area contributed by atoms with Gasteiger partial charge >= 0.3 is 0 Å². The van der Waals surface area contributed by atoms with Crippen LogP contribution in [0.3, 0.4) is 0 Å². The van der Waals surface area contributed by atoms with Crippen molar-refractivity contribution in [2.24, 2.45) is 5.73 Å². The molecule has 0 saturated carbocycles. The Kier molecular flexibility index (Phi) is 4.01. The second kappa shape index (κ2) is 5.56. The number of hydrogen-bond donors (Lipinski definition) is 2. The average molecular weight is 307 g/mol. The van der Waals surface area contributed by atoms with Gasteiger partial charge in [0.05, 0.1) is 16.3 Å². The number of nitrogens with two attached hydrogens (primary N) is 1. The first kappa shape index (κ1) is 14.4. The molecular weight excluding hydrogens is 294 g/mol. The lowest BCUT2D eigenvalue weighted by molar-refractivity contribution is 0.601. The Labute approximate surface area is 122 Å². The summed E-state index contributed by atoms with van der Waals surface area (Å²) in [5, 5.41) is 0. The zero-order chi connectivity index (χ0) is 14.8. The van der Waals surface area contributed by atoms with E-state index in [4.69, 9.17) is 18.0 Å². The highest BCUT2D eigenvalue weighted by atomic mass is 32.2. The van der Waals surface area contributed by atoms with Crippen molar-refractivity contribution in [2.75, 3.05) is 4.72 Å². The molecule has 1 aromatic heterocycles. The van der Waals surface area contributed by atoms with Crippen LogP contribution in [0.4, 0.5) is 5.69 Å². The summed E-state index contributed by atoms with van der Waals surface area (Å²) in [6, 6.07) is 9.50. The topological polar surface area (TPSA) is 85.1 Å². The Morgan fingerprint density at radius 2 is 2.05 bits per heavy atom. The van der Waals surface area contributed by atoms with Gasteiger partial charge in [-0.3, -0.25) is 9.71 Å². The van der Waals surface area contributed by atoms with Crippen LogP contribution in [0.2, 0.25) is 0 Å². The van der Waals surface area contributed by atoms with Crippen molar-refractivity contribution >= 4 is 32.9 Å². The maximum Gasteiger partial charge on any atom is 0.261 e. The molecule has 0 spiro atoms. The highest BCUT2D eigenvalue weighted by Crippen LogP contribution is 2.18. The number of aromatic nitrogens is 1. The summed E-state index contributed by atoms with van der Waals surface area (Å²) in [7, 11) is -3.70. The van der Waals surface area contributed by atoms with Crippen molar-refractivity contribution in [3.05, 3.63) is 53.9 Å². The molecule has 0 aliphatic rings. The minimum atomic E-state index is -3.70. The SMILES string of the molecule is Cc1ncccc1NS(=O)(=O)c1cccc(C(N)=S)c1. The van der Waals surface area contributed by atoms with Gasteiger partial charge in [0.25, 0.3) is 10.0 Å². The van der Waals surface area contributed by atoms with Gasteiger partial charge in [0.1, 0.15) is 4.99 Å². The molecule has 0 atom stereocenters. The summed E-state index contributed by atoms with van der Waals surface area (Å²) in [6.07, 6.45) is 1.60. The van der Waals surface area contributed by atoms with Gasteiger partial charge in [0.15, 0.2) is 0 Å². The number of aryl methyl sites for hydroxylation is 1. The smallest absolute Gasteiger partial charge is 0.261 e. The number of nitrogens with zero attached hydrogens (tertiary/aromatic N) is 1. The van der Waals surface area contributed by atoms with Crippen molar-refractivity contribution < 1.29 is 8.42 Å². The van der Waals surface area contributed by atoms with Gasteiger partial charge in [-0.15, -0.1) is 0 Å². The summed E-state index contributed by atoms with van der Waals surface area (Å²) in [5.41, 5.74) is 7.05. The lowest BCUT2D eigenvalue weighted by Crippen LogP contribution is -2.16. The molecule has 0 radical (unpaired) electrons. The molecule has 5 nitrogen and oxygen atoms in total. The van der Waals surface area contributed by atoms with Gasteiger partial charge in [0.2, 0.25) is 0 Å². The minimum absolute atomic E-state index is 0.103. The average Bonchev–Trinajstić information content (AvgIpc) is 2.41. The molecule has 0 bridgehead atoms. The normalized spacial score (nSPS) is 11.1. The van der Waals surface area contributed by atoms with Crippen molar-refractivity contribution in [1.29, 1.82) is 0 Å². The molecule has 1 heterocycles. The van der Waals surface area contributed by atoms with Crippen LogP contribution >= 0.6 is 12.2 Å². The summed E-state index contributed by atoms with van der Waals surface area (Å²) in [4.78, 5) is 4.29. The van der Waals surface area contributed by atoms with Crippen molar-refractivity contribution in [2.45, 2.75) is 11.8 Å². The van der Waals surface area contributed by atoms with Crippen LogP contribution < -0.4 is 10.5 Å². The van der Waals surface area contributed by atoms with E-state index in [0.717, 1.165) is 0 Å². The van der Waals surface area contributed by atoms with Gasteiger partial charge < -0.3 is 5.73 Å². The fourth-order valence-electron chi connectivity index (χ4n) is 1.61. The molecule has 20 heavy (non-hydrogen) atoms. The van der Waals surface area contributed by atoms with Crippen LogP contribution in [0.25, 0.3) is 0 Å². The van der Waals surface area contributed by atoms with Crippen LogP contribution in [-0.4, -0.2) is 18.4 Å². The Bertz CT molecular complexity index is 758. The summed E-state index contributed by atoms with van der Waals surface area (Å²) >= 11 is 4.85. The lowest BCUT2D eigenvalue weighted by Gasteiger charge is -2.10. The number of nitrogens with one attached hydrogen (secondary N) is 1. The van der Waals surface area contributed by atoms with E-state index in [1.54, 1.807) is 37.4 Å². The first-order valence-electron chi connectivity index (χ1n) is 5.74. The number of pyridine rings is 1. The van der Waals surface area contributed by atoms with E-state index in [1.807, 2.05) is 0 Å². The minimum Gasteiger partial charge on any atom is -0.389 e. The van der Waals surface area contributed by atoms with E-state index in [0.29, 0.717) is 16.9 Å². The Hall–Kier alpha value is -1.99. The number of sulfonamides is 1. The number of benzene rings is 1. The van der Waals surface area contributed by atoms with E-state index in [2.05, 4.69) is 9.71 Å². The zero-order valence-electron chi connectivity index (χ0n) is 10.7. The molecule has 0 unspecified atom stereocenters. The maximum absolute atomic E-state index is 12.3. The molecule has 7 heteroatoms. The molecule has 0 fully saturated rings. The zero-order valence-corrected chi connectivity index (χ0v) is 12.3. The van der Waals surface area contributed by atoms with Crippen LogP contribution in [0.5, 0.6) is 0 Å². The number of hydrogen-bond acceptors (Lipinski definition) is 4. The van der Waals surface area contributed by atoms with E-state index in [-0.39, 0.29) is 9.88 Å². The second-order valence-electron chi connectivity index (χ2n) is 4.13. The van der Waals surface area contributed by atoms with Gasteiger partial charge in [-0.1, -0.05) is 24.4 Å². The standard InChI is InChI=1S/C13H13N3O2S2/c1-9-12(6-3-7-15-9)16-20(17,18)11-5-2-4-10(8-11)13(14)19/h2-8,16H,1H3,(H2,14,19). The largest absolute Gasteiger partial charge is 0.389 e. The highest BCUT2D eigenvalue weighted by molar-refractivity contribution is 7.92. The number of anilines is 1. The molecule has 0 aliphatic heterocycles. The van der Waals surface area contributed by atoms with Crippen LogP contribution in [-0.2, 0) is 10.0 Å². The third-order valence-electron chi connectivity index (χ3n) is 2.68. The predicted molar refractivity (Wildman–Crippen MR) is 82.1 cm³/mol. The fourth-order valence-corrected chi connectivity index (χ4v) is 2.90. The second-order valence-corrected chi connectivity index (χ2v) is 6.26. The molecule has 0 amide bonds. The summed E-state index contributed by atoms with van der Waals surface area (Å²) < 4.78 is 27.1. The van der Waals surface area contributed by atoms with Crippen molar-refractivity contribution in [3.63, 3.8) is 0 Å². The first-order chi connectivity index (χ1) is 9.40. The van der Waals surface area contributed by atoms with E-state index < -0.39 is 10.0 Å². The first-order valence-corrected chi connectivity index (χ1v) is 7.63. The predicted octanol–water partition coefficient (Wildman–Crippen LogP) is 1.83. The molecule has 1 aromatic carbocycles. The van der Waals surface area contributed by atoms with E-state index in [1.165, 1.54) is 12.1 Å². The Morgan fingerprint density at radius 3 is 2.70 bits per heavy atom. The molecule has 2 rings (SSSR count). The number of rotatable bonds is 4. The summed E-state index contributed by atoms with van der Waals surface area (Å²) in [6.45, 7) is 1.73. The molecule has 3 N–H and O–H groups in total. The number of thiocarbonyl (C=S) groups is 1. The van der Waals surface area contributed by atoms with Crippen LogP contribution in [0.15, 0.2) is 47.5 Å². The van der Waals surface area contributed by atoms with Crippen LogP contribution in [0, 0.1) is 6.92 Å². The van der Waals surface area contributed by atoms with Crippen LogP contribution in [0.1, 0.15) is 11.3 Å². The molecule has 104 valence electrons. The third-order valence-corrected chi connectivity index (χ3v) is 4.28. The quantitative estimate of drug-likeness (QED) is 0.842. The van der Waals surface area contributed by atoms with Crippen molar-refractivity contribution in [3.8, 4) is 0 Å². The van der Waals surface area contributed by atoms with Gasteiger partial charge in [0, 0.05) is 11.8 Å². The fraction of sp³-hybridized carbons (Fsp3) is 0.0769. The van der Waals surface area contributed by atoms with Gasteiger partial charge in [-0.05, 0) is 31.2 Å². The van der Waals surface area contributed by atoms with E-state index >= 15 is 0 Å². The molecule has 0 saturated heterocycles. The Morgan fingerprint density at radius 1 is 1.30 bits per heavy atom. The summed E-state index contributed by atoms with van der Waals surface area (Å²) in [5.74, 6) is 0.